The summed E-state index contributed by atoms with van der Waals surface area (Å²) in [6, 6.07) is 0. The van der Waals surface area contributed by atoms with Crippen LogP contribution in [0, 0.1) is 23.7 Å². The third kappa shape index (κ3) is 1.57. The summed E-state index contributed by atoms with van der Waals surface area (Å²) in [5.74, 6) is 0.610. The molecule has 5 atom stereocenters. The predicted octanol–water partition coefficient (Wildman–Crippen LogP) is -0.0420. The number of likely N-dealkylation sites (N-methyl/N-ethyl adjacent to an activating group) is 1. The van der Waals surface area contributed by atoms with Gasteiger partial charge >= 0.3 is 5.97 Å². The second-order valence-corrected chi connectivity index (χ2v) is 6.55. The van der Waals surface area contributed by atoms with E-state index in [1.807, 2.05) is 4.90 Å². The molecule has 2 saturated carbocycles. The van der Waals surface area contributed by atoms with Crippen LogP contribution in [0.15, 0.2) is 0 Å². The second kappa shape index (κ2) is 3.95. The van der Waals surface area contributed by atoms with Crippen molar-refractivity contribution < 1.29 is 14.3 Å². The fourth-order valence-corrected chi connectivity index (χ4v) is 4.58. The molecule has 0 spiro atoms. The molecule has 4 fully saturated rings. The van der Waals surface area contributed by atoms with E-state index in [0.717, 1.165) is 39.0 Å². The number of carbonyl (C=O) groups excluding carboxylic acids is 2. The normalized spacial score (nSPS) is 44.8. The first kappa shape index (κ1) is 11.7. The van der Waals surface area contributed by atoms with E-state index in [1.165, 1.54) is 0 Å². The van der Waals surface area contributed by atoms with Crippen molar-refractivity contribution in [2.45, 2.75) is 18.9 Å². The molecule has 2 aliphatic heterocycles. The fourth-order valence-electron chi connectivity index (χ4n) is 4.58. The van der Waals surface area contributed by atoms with Crippen LogP contribution in [-0.2, 0) is 14.3 Å². The predicted molar refractivity (Wildman–Crippen MR) is 67.2 cm³/mol. The maximum Gasteiger partial charge on any atom is 0.310 e. The Hall–Kier alpha value is -1.10. The van der Waals surface area contributed by atoms with Crippen LogP contribution in [0.2, 0.25) is 0 Å². The van der Waals surface area contributed by atoms with Crippen LogP contribution in [0.5, 0.6) is 0 Å². The van der Waals surface area contributed by atoms with E-state index in [0.29, 0.717) is 11.8 Å². The highest BCUT2D eigenvalue weighted by molar-refractivity contribution is 5.88. The molecular formula is C14H20N2O3. The molecular weight excluding hydrogens is 244 g/mol. The average molecular weight is 264 g/mol. The smallest absolute Gasteiger partial charge is 0.310 e. The first-order chi connectivity index (χ1) is 9.15. The molecule has 19 heavy (non-hydrogen) atoms. The van der Waals surface area contributed by atoms with E-state index in [9.17, 15) is 9.59 Å². The van der Waals surface area contributed by atoms with E-state index in [1.54, 1.807) is 0 Å². The highest BCUT2D eigenvalue weighted by atomic mass is 16.6. The lowest BCUT2D eigenvalue weighted by Crippen LogP contribution is -2.51. The van der Waals surface area contributed by atoms with Gasteiger partial charge in [0, 0.05) is 32.1 Å². The van der Waals surface area contributed by atoms with Gasteiger partial charge < -0.3 is 14.5 Å². The number of piperazine rings is 1. The van der Waals surface area contributed by atoms with Crippen molar-refractivity contribution in [3.8, 4) is 0 Å². The number of amides is 1. The second-order valence-electron chi connectivity index (χ2n) is 6.55. The zero-order valence-corrected chi connectivity index (χ0v) is 11.2. The van der Waals surface area contributed by atoms with Gasteiger partial charge in [-0.1, -0.05) is 0 Å². The van der Waals surface area contributed by atoms with Gasteiger partial charge in [0.2, 0.25) is 5.91 Å². The molecule has 4 rings (SSSR count). The molecule has 0 radical (unpaired) electrons. The number of hydrogen-bond acceptors (Lipinski definition) is 4. The van der Waals surface area contributed by atoms with E-state index >= 15 is 0 Å². The minimum atomic E-state index is -0.129. The molecule has 2 saturated heterocycles. The number of ether oxygens (including phenoxy) is 1. The first-order valence-electron chi connectivity index (χ1n) is 7.33. The molecule has 4 aliphatic rings. The van der Waals surface area contributed by atoms with Crippen molar-refractivity contribution in [2.75, 3.05) is 33.2 Å². The highest BCUT2D eigenvalue weighted by Crippen LogP contribution is 2.58. The minimum absolute atomic E-state index is 0.0837. The first-order valence-corrected chi connectivity index (χ1v) is 7.33. The summed E-state index contributed by atoms with van der Waals surface area (Å²) in [6.07, 6.45) is 2.06. The van der Waals surface area contributed by atoms with Crippen LogP contribution in [0.4, 0.5) is 0 Å². The summed E-state index contributed by atoms with van der Waals surface area (Å²) in [6.45, 7) is 3.47. The number of carbonyl (C=O) groups is 2. The van der Waals surface area contributed by atoms with Gasteiger partial charge in [-0.2, -0.15) is 0 Å². The van der Waals surface area contributed by atoms with Gasteiger partial charge in [-0.25, -0.2) is 0 Å². The van der Waals surface area contributed by atoms with Crippen LogP contribution in [0.3, 0.4) is 0 Å². The molecule has 2 heterocycles. The van der Waals surface area contributed by atoms with Gasteiger partial charge in [0.05, 0.1) is 11.8 Å². The van der Waals surface area contributed by atoms with Gasteiger partial charge in [0.25, 0.3) is 0 Å². The Morgan fingerprint density at radius 1 is 1.21 bits per heavy atom. The van der Waals surface area contributed by atoms with Crippen molar-refractivity contribution in [1.29, 1.82) is 0 Å². The molecule has 0 aromatic carbocycles. The van der Waals surface area contributed by atoms with Gasteiger partial charge in [-0.15, -0.1) is 0 Å². The van der Waals surface area contributed by atoms with Crippen molar-refractivity contribution >= 4 is 11.9 Å². The molecule has 5 unspecified atom stereocenters. The Kier molecular flexibility index (Phi) is 2.43. The number of esters is 1. The lowest BCUT2D eigenvalue weighted by atomic mass is 9.79. The molecule has 0 aromatic rings. The third-order valence-corrected chi connectivity index (χ3v) is 5.58. The summed E-state index contributed by atoms with van der Waals surface area (Å²) in [5, 5.41) is 0. The van der Waals surface area contributed by atoms with Crippen molar-refractivity contribution in [3.05, 3.63) is 0 Å². The summed E-state index contributed by atoms with van der Waals surface area (Å²) in [7, 11) is 2.08. The third-order valence-electron chi connectivity index (χ3n) is 5.58. The molecule has 5 nitrogen and oxygen atoms in total. The number of hydrogen-bond donors (Lipinski definition) is 0. The molecule has 5 heteroatoms. The van der Waals surface area contributed by atoms with Crippen LogP contribution >= 0.6 is 0 Å². The van der Waals surface area contributed by atoms with Gasteiger partial charge in [-0.05, 0) is 25.8 Å². The number of nitrogens with zero attached hydrogens (tertiary/aromatic N) is 2. The van der Waals surface area contributed by atoms with Crippen LogP contribution in [0.1, 0.15) is 12.8 Å². The molecule has 104 valence electrons. The lowest BCUT2D eigenvalue weighted by molar-refractivity contribution is -0.148. The van der Waals surface area contributed by atoms with Crippen LogP contribution in [-0.4, -0.2) is 61.0 Å². The Balaban J connectivity index is 1.53. The van der Waals surface area contributed by atoms with Gasteiger partial charge in [-0.3, -0.25) is 9.59 Å². The summed E-state index contributed by atoms with van der Waals surface area (Å²) >= 11 is 0. The molecule has 0 N–H and O–H groups in total. The zero-order valence-electron chi connectivity index (χ0n) is 11.2. The minimum Gasteiger partial charge on any atom is -0.462 e. The Morgan fingerprint density at radius 2 is 1.95 bits per heavy atom. The lowest BCUT2D eigenvalue weighted by Gasteiger charge is -2.36. The number of rotatable bonds is 1. The van der Waals surface area contributed by atoms with E-state index < -0.39 is 0 Å². The van der Waals surface area contributed by atoms with Gasteiger partial charge in [0.1, 0.15) is 6.10 Å². The molecule has 2 bridgehead atoms. The van der Waals surface area contributed by atoms with Crippen molar-refractivity contribution in [2.24, 2.45) is 23.7 Å². The standard InChI is InChI=1S/C14H20N2O3/c1-15-2-4-16(5-3-15)13(17)11-8-6-9-10(7-8)19-14(18)12(9)11/h8-12H,2-7H2,1H3. The van der Waals surface area contributed by atoms with Gasteiger partial charge in [0.15, 0.2) is 0 Å². The van der Waals surface area contributed by atoms with Crippen LogP contribution < -0.4 is 0 Å². The Morgan fingerprint density at radius 3 is 2.68 bits per heavy atom. The maximum absolute atomic E-state index is 12.7. The molecule has 2 aliphatic carbocycles. The summed E-state index contributed by atoms with van der Waals surface area (Å²) in [4.78, 5) is 28.9. The average Bonchev–Trinajstić information content (AvgIpc) is 2.99. The van der Waals surface area contributed by atoms with E-state index in [4.69, 9.17) is 4.74 Å². The summed E-state index contributed by atoms with van der Waals surface area (Å²) in [5.41, 5.74) is 0. The fraction of sp³-hybridized carbons (Fsp3) is 0.857. The van der Waals surface area contributed by atoms with Crippen molar-refractivity contribution in [1.82, 2.24) is 9.80 Å². The quantitative estimate of drug-likeness (QED) is 0.624. The Bertz CT molecular complexity index is 428. The van der Waals surface area contributed by atoms with Crippen molar-refractivity contribution in [3.63, 3.8) is 0 Å². The van der Waals surface area contributed by atoms with E-state index in [2.05, 4.69) is 11.9 Å². The Labute approximate surface area is 112 Å². The highest BCUT2D eigenvalue weighted by Gasteiger charge is 2.64. The monoisotopic (exact) mass is 264 g/mol. The zero-order chi connectivity index (χ0) is 13.1. The number of fused-ring (bicyclic) bond motifs is 1. The molecule has 1 amide bonds. The largest absolute Gasteiger partial charge is 0.462 e. The van der Waals surface area contributed by atoms with Crippen LogP contribution in [0.25, 0.3) is 0 Å². The van der Waals surface area contributed by atoms with E-state index in [-0.39, 0.29) is 29.8 Å². The summed E-state index contributed by atoms with van der Waals surface area (Å²) < 4.78 is 5.41. The molecule has 0 aromatic heterocycles. The maximum atomic E-state index is 12.7. The SMILES string of the molecule is CN1CCN(C(=O)C2C3CC4OC(=O)C2C4C3)CC1. The topological polar surface area (TPSA) is 49.9 Å².